The lowest BCUT2D eigenvalue weighted by Gasteiger charge is -2.09. The van der Waals surface area contributed by atoms with Crippen molar-refractivity contribution in [2.45, 2.75) is 13.1 Å². The fraction of sp³-hybridized carbons (Fsp3) is 0.176. The van der Waals surface area contributed by atoms with Gasteiger partial charge in [0, 0.05) is 22.1 Å². The number of nitrogens with zero attached hydrogens (tertiary/aromatic N) is 4. The summed E-state index contributed by atoms with van der Waals surface area (Å²) >= 11 is 3.38. The number of nitrogens with one attached hydrogen (secondary N) is 1. The van der Waals surface area contributed by atoms with Gasteiger partial charge in [0.2, 0.25) is 11.7 Å². The molecular weight excluding hydrogens is 386 g/mol. The van der Waals surface area contributed by atoms with E-state index in [1.807, 2.05) is 48.5 Å². The Morgan fingerprint density at radius 1 is 1.20 bits per heavy atom. The van der Waals surface area contributed by atoms with Crippen LogP contribution in [0.5, 0.6) is 5.75 Å². The quantitative estimate of drug-likeness (QED) is 0.685. The Morgan fingerprint density at radius 2 is 1.96 bits per heavy atom. The summed E-state index contributed by atoms with van der Waals surface area (Å²) in [6, 6.07) is 15.1. The molecule has 8 heteroatoms. The van der Waals surface area contributed by atoms with E-state index in [1.54, 1.807) is 7.11 Å². The van der Waals surface area contributed by atoms with Gasteiger partial charge in [-0.05, 0) is 35.5 Å². The number of carbonyl (C=O) groups excluding carboxylic acids is 1. The Hall–Kier alpha value is -2.74. The van der Waals surface area contributed by atoms with Gasteiger partial charge in [0.15, 0.2) is 0 Å². The minimum absolute atomic E-state index is 0.00131. The van der Waals surface area contributed by atoms with Crippen molar-refractivity contribution in [2.75, 3.05) is 7.11 Å². The number of rotatable bonds is 6. The Kier molecular flexibility index (Phi) is 5.39. The number of amides is 1. The Balaban J connectivity index is 1.59. The summed E-state index contributed by atoms with van der Waals surface area (Å²) in [5, 5.41) is 15.0. The van der Waals surface area contributed by atoms with E-state index < -0.39 is 0 Å². The molecule has 7 nitrogen and oxygen atoms in total. The fourth-order valence-corrected chi connectivity index (χ4v) is 2.52. The number of aromatic nitrogens is 4. The van der Waals surface area contributed by atoms with Gasteiger partial charge >= 0.3 is 0 Å². The predicted octanol–water partition coefficient (Wildman–Crippen LogP) is 2.43. The summed E-state index contributed by atoms with van der Waals surface area (Å²) in [6.07, 6.45) is 0. The van der Waals surface area contributed by atoms with Gasteiger partial charge in [-0.1, -0.05) is 34.1 Å². The molecule has 2 aromatic carbocycles. The smallest absolute Gasteiger partial charge is 0.243 e. The van der Waals surface area contributed by atoms with Gasteiger partial charge in [-0.25, -0.2) is 0 Å². The van der Waals surface area contributed by atoms with Crippen molar-refractivity contribution >= 4 is 21.8 Å². The Bertz CT molecular complexity index is 863. The van der Waals surface area contributed by atoms with Crippen molar-refractivity contribution in [2.24, 2.45) is 0 Å². The summed E-state index contributed by atoms with van der Waals surface area (Å²) in [5.41, 5.74) is 1.74. The van der Waals surface area contributed by atoms with Crippen LogP contribution in [0.4, 0.5) is 0 Å². The number of hydrogen-bond acceptors (Lipinski definition) is 5. The number of tetrazole rings is 1. The summed E-state index contributed by atoms with van der Waals surface area (Å²) in [5.74, 6) is 1.01. The standard InChI is InChI=1S/C17H16BrN5O2/c1-25-15-5-3-2-4-13(15)10-19-16(24)11-23-21-17(20-22-23)12-6-8-14(18)9-7-12/h2-9H,10-11H2,1H3,(H,19,24). The van der Waals surface area contributed by atoms with E-state index in [4.69, 9.17) is 4.74 Å². The summed E-state index contributed by atoms with van der Waals surface area (Å²) in [4.78, 5) is 13.4. The van der Waals surface area contributed by atoms with Crippen molar-refractivity contribution in [3.63, 3.8) is 0 Å². The third-order valence-electron chi connectivity index (χ3n) is 3.51. The number of halogens is 1. The Labute approximate surface area is 153 Å². The first-order valence-corrected chi connectivity index (χ1v) is 8.37. The second kappa shape index (κ2) is 7.89. The molecule has 0 atom stereocenters. The SMILES string of the molecule is COc1ccccc1CNC(=O)Cn1nnc(-c2ccc(Br)cc2)n1. The lowest BCUT2D eigenvalue weighted by atomic mass is 10.2. The maximum absolute atomic E-state index is 12.1. The highest BCUT2D eigenvalue weighted by atomic mass is 79.9. The van der Waals surface area contributed by atoms with E-state index >= 15 is 0 Å². The van der Waals surface area contributed by atoms with Crippen LogP contribution in [-0.2, 0) is 17.9 Å². The van der Waals surface area contributed by atoms with E-state index in [9.17, 15) is 4.79 Å². The van der Waals surface area contributed by atoms with Crippen molar-refractivity contribution in [1.29, 1.82) is 0 Å². The highest BCUT2D eigenvalue weighted by Gasteiger charge is 2.10. The van der Waals surface area contributed by atoms with Crippen LogP contribution in [0.2, 0.25) is 0 Å². The summed E-state index contributed by atoms with van der Waals surface area (Å²) in [7, 11) is 1.60. The van der Waals surface area contributed by atoms with Crippen LogP contribution < -0.4 is 10.1 Å². The van der Waals surface area contributed by atoms with Crippen LogP contribution in [0, 0.1) is 0 Å². The highest BCUT2D eigenvalue weighted by Crippen LogP contribution is 2.18. The highest BCUT2D eigenvalue weighted by molar-refractivity contribution is 9.10. The fourth-order valence-electron chi connectivity index (χ4n) is 2.25. The molecule has 0 saturated heterocycles. The molecule has 1 N–H and O–H groups in total. The lowest BCUT2D eigenvalue weighted by molar-refractivity contribution is -0.122. The molecule has 1 amide bonds. The maximum atomic E-state index is 12.1. The van der Waals surface area contributed by atoms with Crippen LogP contribution in [0.1, 0.15) is 5.56 Å². The predicted molar refractivity (Wildman–Crippen MR) is 95.8 cm³/mol. The monoisotopic (exact) mass is 401 g/mol. The van der Waals surface area contributed by atoms with E-state index in [-0.39, 0.29) is 12.5 Å². The molecule has 1 aromatic heterocycles. The van der Waals surface area contributed by atoms with Gasteiger partial charge in [-0.3, -0.25) is 4.79 Å². The number of hydrogen-bond donors (Lipinski definition) is 1. The van der Waals surface area contributed by atoms with Crippen molar-refractivity contribution < 1.29 is 9.53 Å². The molecule has 0 aliphatic rings. The lowest BCUT2D eigenvalue weighted by Crippen LogP contribution is -2.28. The zero-order valence-corrected chi connectivity index (χ0v) is 15.1. The van der Waals surface area contributed by atoms with Crippen LogP contribution in [0.3, 0.4) is 0 Å². The van der Waals surface area contributed by atoms with Crippen molar-refractivity contribution in [1.82, 2.24) is 25.5 Å². The Morgan fingerprint density at radius 3 is 2.72 bits per heavy atom. The first-order valence-electron chi connectivity index (χ1n) is 7.58. The van der Waals surface area contributed by atoms with E-state index in [0.717, 1.165) is 21.3 Å². The second-order valence-corrected chi connectivity index (χ2v) is 6.15. The van der Waals surface area contributed by atoms with Crippen molar-refractivity contribution in [3.05, 3.63) is 58.6 Å². The number of benzene rings is 2. The number of carbonyl (C=O) groups is 1. The van der Waals surface area contributed by atoms with Gasteiger partial charge in [0.1, 0.15) is 12.3 Å². The first-order chi connectivity index (χ1) is 12.2. The molecule has 0 fully saturated rings. The van der Waals surface area contributed by atoms with Gasteiger partial charge < -0.3 is 10.1 Å². The van der Waals surface area contributed by atoms with Crippen molar-refractivity contribution in [3.8, 4) is 17.1 Å². The molecule has 0 unspecified atom stereocenters. The summed E-state index contributed by atoms with van der Waals surface area (Å²) < 4.78 is 6.23. The molecular formula is C17H16BrN5O2. The minimum Gasteiger partial charge on any atom is -0.496 e. The molecule has 25 heavy (non-hydrogen) atoms. The largest absolute Gasteiger partial charge is 0.496 e. The minimum atomic E-state index is -0.203. The number of para-hydroxylation sites is 1. The molecule has 3 rings (SSSR count). The molecule has 128 valence electrons. The molecule has 1 heterocycles. The number of ether oxygens (including phenoxy) is 1. The van der Waals surface area contributed by atoms with E-state index in [0.29, 0.717) is 12.4 Å². The average Bonchev–Trinajstić information content (AvgIpc) is 3.09. The summed E-state index contributed by atoms with van der Waals surface area (Å²) in [6.45, 7) is 0.371. The normalized spacial score (nSPS) is 10.5. The third kappa shape index (κ3) is 4.42. The molecule has 0 bridgehead atoms. The van der Waals surface area contributed by atoms with E-state index in [2.05, 4.69) is 36.7 Å². The average molecular weight is 402 g/mol. The van der Waals surface area contributed by atoms with Gasteiger partial charge in [0.25, 0.3) is 0 Å². The molecule has 0 spiro atoms. The first kappa shape index (κ1) is 17.1. The zero-order valence-electron chi connectivity index (χ0n) is 13.5. The maximum Gasteiger partial charge on any atom is 0.243 e. The van der Waals surface area contributed by atoms with Gasteiger partial charge in [-0.2, -0.15) is 4.80 Å². The molecule has 0 saturated carbocycles. The van der Waals surface area contributed by atoms with Crippen LogP contribution in [-0.4, -0.2) is 33.2 Å². The molecule has 0 aliphatic carbocycles. The van der Waals surface area contributed by atoms with E-state index in [1.165, 1.54) is 4.80 Å². The molecule has 0 aliphatic heterocycles. The van der Waals surface area contributed by atoms with Crippen LogP contribution >= 0.6 is 15.9 Å². The third-order valence-corrected chi connectivity index (χ3v) is 4.04. The van der Waals surface area contributed by atoms with Gasteiger partial charge in [-0.15, -0.1) is 10.2 Å². The topological polar surface area (TPSA) is 81.9 Å². The van der Waals surface area contributed by atoms with Crippen LogP contribution in [0.25, 0.3) is 11.4 Å². The molecule has 3 aromatic rings. The number of methoxy groups -OCH3 is 1. The second-order valence-electron chi connectivity index (χ2n) is 5.24. The zero-order chi connectivity index (χ0) is 17.6. The molecule has 0 radical (unpaired) electrons. The van der Waals surface area contributed by atoms with Crippen LogP contribution in [0.15, 0.2) is 53.0 Å². The van der Waals surface area contributed by atoms with Gasteiger partial charge in [0.05, 0.1) is 7.11 Å².